The molecule has 2 aromatic carbocycles. The first-order valence-electron chi connectivity index (χ1n) is 13.8. The second kappa shape index (κ2) is 14.4. The maximum atomic E-state index is 14.2. The van der Waals surface area contributed by atoms with Crippen molar-refractivity contribution in [2.24, 2.45) is 0 Å². The first-order chi connectivity index (χ1) is 20.5. The molecule has 0 saturated heterocycles. The van der Waals surface area contributed by atoms with Gasteiger partial charge in [0, 0.05) is 41.8 Å². The van der Waals surface area contributed by atoms with Gasteiger partial charge in [0.2, 0.25) is 17.7 Å². The molecule has 0 aliphatic carbocycles. The Kier molecular flexibility index (Phi) is 11.0. The zero-order valence-electron chi connectivity index (χ0n) is 25.9. The van der Waals surface area contributed by atoms with Crippen LogP contribution >= 0.6 is 0 Å². The van der Waals surface area contributed by atoms with Gasteiger partial charge in [-0.3, -0.25) is 19.3 Å². The van der Waals surface area contributed by atoms with E-state index in [2.05, 4.69) is 15.8 Å². The number of hydrogen-bond acceptors (Lipinski definition) is 9. The fraction of sp³-hybridized carbons (Fsp3) is 0.419. The molecule has 0 radical (unpaired) electrons. The average Bonchev–Trinajstić information content (AvgIpc) is 3.41. The maximum absolute atomic E-state index is 14.2. The Labute approximate surface area is 251 Å². The van der Waals surface area contributed by atoms with Crippen molar-refractivity contribution in [3.8, 4) is 23.0 Å². The third-order valence-corrected chi connectivity index (χ3v) is 6.96. The second-order valence-electron chi connectivity index (χ2n) is 10.4. The standard InChI is InChI=1S/C31H40N4O8/c1-9-31(3,4)33-30(38)28(21-11-10-12-23(40-6)29(21)42-8)35(20-13-14-22(39-5)24(18-20)41-7)27(37)16-15-26(36)32-25-17-19(2)43-34-25/h10-14,17-18,28H,9,15-16H2,1-8H3,(H,33,38)(H,32,34,36)/t28-/m1/s1. The first-order valence-corrected chi connectivity index (χ1v) is 13.8. The van der Waals surface area contributed by atoms with Crippen LogP contribution in [0.3, 0.4) is 0 Å². The summed E-state index contributed by atoms with van der Waals surface area (Å²) in [7, 11) is 5.93. The lowest BCUT2D eigenvalue weighted by molar-refractivity contribution is -0.128. The molecule has 232 valence electrons. The van der Waals surface area contributed by atoms with Crippen LogP contribution in [0.4, 0.5) is 11.5 Å². The van der Waals surface area contributed by atoms with Crippen LogP contribution in [-0.4, -0.2) is 56.9 Å². The molecule has 3 rings (SSSR count). The Morgan fingerprint density at radius 3 is 2.21 bits per heavy atom. The first kappa shape index (κ1) is 32.8. The van der Waals surface area contributed by atoms with Crippen molar-refractivity contribution in [2.45, 2.75) is 58.5 Å². The number of carbonyl (C=O) groups is 3. The summed E-state index contributed by atoms with van der Waals surface area (Å²) in [5, 5.41) is 9.45. The SMILES string of the molecule is CCC(C)(C)NC(=O)[C@@H](c1cccc(OC)c1OC)N(C(=O)CCC(=O)Nc1cc(C)on1)c1ccc(OC)c(OC)c1. The molecule has 0 spiro atoms. The summed E-state index contributed by atoms with van der Waals surface area (Å²) in [5.41, 5.74) is 0.134. The zero-order valence-corrected chi connectivity index (χ0v) is 25.9. The number of ether oxygens (including phenoxy) is 4. The molecule has 0 bridgehead atoms. The van der Waals surface area contributed by atoms with Gasteiger partial charge >= 0.3 is 0 Å². The van der Waals surface area contributed by atoms with Gasteiger partial charge in [-0.25, -0.2) is 0 Å². The van der Waals surface area contributed by atoms with Crippen molar-refractivity contribution in [1.29, 1.82) is 0 Å². The summed E-state index contributed by atoms with van der Waals surface area (Å²) in [6.07, 6.45) is 0.218. The van der Waals surface area contributed by atoms with E-state index in [0.29, 0.717) is 40.7 Å². The molecular weight excluding hydrogens is 556 g/mol. The number of nitrogens with zero attached hydrogens (tertiary/aromatic N) is 2. The molecule has 0 aliphatic heterocycles. The summed E-state index contributed by atoms with van der Waals surface area (Å²) >= 11 is 0. The second-order valence-corrected chi connectivity index (χ2v) is 10.4. The molecule has 3 amide bonds. The molecule has 1 atom stereocenters. The minimum atomic E-state index is -1.22. The average molecular weight is 597 g/mol. The van der Waals surface area contributed by atoms with Crippen molar-refractivity contribution in [3.05, 3.63) is 53.8 Å². The third kappa shape index (κ3) is 7.97. The fourth-order valence-corrected chi connectivity index (χ4v) is 4.40. The van der Waals surface area contributed by atoms with Crippen LogP contribution in [0.5, 0.6) is 23.0 Å². The Morgan fingerprint density at radius 1 is 0.930 bits per heavy atom. The highest BCUT2D eigenvalue weighted by Gasteiger charge is 2.38. The molecule has 3 aromatic rings. The molecule has 0 fully saturated rings. The molecule has 12 heteroatoms. The Hall–Kier alpha value is -4.74. The minimum Gasteiger partial charge on any atom is -0.493 e. The summed E-state index contributed by atoms with van der Waals surface area (Å²) < 4.78 is 27.1. The monoisotopic (exact) mass is 596 g/mol. The van der Waals surface area contributed by atoms with Crippen LogP contribution in [0.1, 0.15) is 57.4 Å². The largest absolute Gasteiger partial charge is 0.493 e. The Morgan fingerprint density at radius 2 is 1.63 bits per heavy atom. The Bertz CT molecular complexity index is 1430. The van der Waals surface area contributed by atoms with Gasteiger partial charge in [-0.05, 0) is 45.4 Å². The number of carbonyl (C=O) groups excluding carboxylic acids is 3. The smallest absolute Gasteiger partial charge is 0.248 e. The van der Waals surface area contributed by atoms with Crippen molar-refractivity contribution in [2.75, 3.05) is 38.7 Å². The predicted octanol–water partition coefficient (Wildman–Crippen LogP) is 4.82. The van der Waals surface area contributed by atoms with E-state index < -0.39 is 29.3 Å². The number of anilines is 2. The number of rotatable bonds is 14. The van der Waals surface area contributed by atoms with Crippen molar-refractivity contribution in [1.82, 2.24) is 10.5 Å². The molecule has 43 heavy (non-hydrogen) atoms. The van der Waals surface area contributed by atoms with E-state index in [4.69, 9.17) is 23.5 Å². The lowest BCUT2D eigenvalue weighted by Gasteiger charge is -2.35. The fourth-order valence-electron chi connectivity index (χ4n) is 4.40. The molecule has 0 unspecified atom stereocenters. The van der Waals surface area contributed by atoms with Gasteiger partial charge in [0.15, 0.2) is 28.8 Å². The number of aromatic nitrogens is 1. The number of amides is 3. The number of aryl methyl sites for hydroxylation is 1. The van der Waals surface area contributed by atoms with Crippen LogP contribution in [0, 0.1) is 6.92 Å². The summed E-state index contributed by atoms with van der Waals surface area (Å²) in [6.45, 7) is 7.44. The van der Waals surface area contributed by atoms with Gasteiger partial charge in [0.25, 0.3) is 0 Å². The highest BCUT2D eigenvalue weighted by Crippen LogP contribution is 2.41. The number of benzene rings is 2. The number of hydrogen-bond donors (Lipinski definition) is 2. The van der Waals surface area contributed by atoms with E-state index in [9.17, 15) is 14.4 Å². The number of nitrogens with one attached hydrogen (secondary N) is 2. The highest BCUT2D eigenvalue weighted by atomic mass is 16.5. The highest BCUT2D eigenvalue weighted by molar-refractivity contribution is 6.03. The van der Waals surface area contributed by atoms with E-state index in [1.807, 2.05) is 20.8 Å². The number of para-hydroxylation sites is 1. The van der Waals surface area contributed by atoms with E-state index >= 15 is 0 Å². The quantitative estimate of drug-likeness (QED) is 0.268. The summed E-state index contributed by atoms with van der Waals surface area (Å²) in [5.74, 6) is 0.832. The third-order valence-electron chi connectivity index (χ3n) is 6.96. The minimum absolute atomic E-state index is 0.182. The summed E-state index contributed by atoms with van der Waals surface area (Å²) in [6, 6.07) is 10.4. The van der Waals surface area contributed by atoms with Gasteiger partial charge in [-0.15, -0.1) is 0 Å². The van der Waals surface area contributed by atoms with Gasteiger partial charge in [-0.1, -0.05) is 24.2 Å². The lowest BCUT2D eigenvalue weighted by atomic mass is 9.97. The summed E-state index contributed by atoms with van der Waals surface area (Å²) in [4.78, 5) is 42.4. The lowest BCUT2D eigenvalue weighted by Crippen LogP contribution is -2.50. The maximum Gasteiger partial charge on any atom is 0.248 e. The van der Waals surface area contributed by atoms with Crippen molar-refractivity contribution in [3.63, 3.8) is 0 Å². The van der Waals surface area contributed by atoms with Crippen LogP contribution in [0.2, 0.25) is 0 Å². The topological polar surface area (TPSA) is 141 Å². The van der Waals surface area contributed by atoms with E-state index in [1.165, 1.54) is 33.3 Å². The van der Waals surface area contributed by atoms with E-state index in [0.717, 1.165) is 0 Å². The van der Waals surface area contributed by atoms with Gasteiger partial charge in [0.1, 0.15) is 11.8 Å². The van der Waals surface area contributed by atoms with Crippen LogP contribution < -0.4 is 34.5 Å². The van der Waals surface area contributed by atoms with Gasteiger partial charge in [-0.2, -0.15) is 0 Å². The van der Waals surface area contributed by atoms with E-state index in [-0.39, 0.29) is 24.4 Å². The molecule has 1 aromatic heterocycles. The normalized spacial score (nSPS) is 11.7. The van der Waals surface area contributed by atoms with Crippen LogP contribution in [-0.2, 0) is 14.4 Å². The molecule has 12 nitrogen and oxygen atoms in total. The van der Waals surface area contributed by atoms with Crippen LogP contribution in [0.15, 0.2) is 47.0 Å². The van der Waals surface area contributed by atoms with Gasteiger partial charge in [0.05, 0.1) is 28.4 Å². The van der Waals surface area contributed by atoms with Crippen molar-refractivity contribution < 1.29 is 37.9 Å². The van der Waals surface area contributed by atoms with Crippen LogP contribution in [0.25, 0.3) is 0 Å². The van der Waals surface area contributed by atoms with Crippen molar-refractivity contribution >= 4 is 29.2 Å². The Balaban J connectivity index is 2.15. The zero-order chi connectivity index (χ0) is 31.7. The number of methoxy groups -OCH3 is 4. The molecule has 2 N–H and O–H groups in total. The molecule has 0 aliphatic rings. The molecule has 1 heterocycles. The van der Waals surface area contributed by atoms with Gasteiger partial charge < -0.3 is 34.1 Å². The molecular formula is C31H40N4O8. The molecule has 0 saturated carbocycles. The van der Waals surface area contributed by atoms with E-state index in [1.54, 1.807) is 49.4 Å². The predicted molar refractivity (Wildman–Crippen MR) is 161 cm³/mol.